The van der Waals surface area contributed by atoms with Crippen LogP contribution in [-0.2, 0) is 17.8 Å². The molecule has 2 aromatic carbocycles. The number of nitrogens with zero attached hydrogens (tertiary/aromatic N) is 2. The summed E-state index contributed by atoms with van der Waals surface area (Å²) in [5.74, 6) is 0.853. The second kappa shape index (κ2) is 10.2. The summed E-state index contributed by atoms with van der Waals surface area (Å²) in [6.45, 7) is 12.4. The number of amides is 1. The Labute approximate surface area is 175 Å². The maximum absolute atomic E-state index is 12.6. The molecular formula is C24H34N2O3. The number of ether oxygens (including phenoxy) is 2. The number of carbonyl (C=O) groups excluding carboxylic acids is 1. The summed E-state index contributed by atoms with van der Waals surface area (Å²) >= 11 is 0. The Balaban J connectivity index is 0.00000145. The molecule has 5 nitrogen and oxygen atoms in total. The van der Waals surface area contributed by atoms with Crippen LogP contribution >= 0.6 is 0 Å². The lowest BCUT2D eigenvalue weighted by Gasteiger charge is -2.27. The molecule has 5 heteroatoms. The molecule has 158 valence electrons. The third kappa shape index (κ3) is 6.41. The van der Waals surface area contributed by atoms with Gasteiger partial charge in [0.2, 0.25) is 0 Å². The highest BCUT2D eigenvalue weighted by Crippen LogP contribution is 2.28. The highest BCUT2D eigenvalue weighted by molar-refractivity contribution is 5.69. The molecule has 29 heavy (non-hydrogen) atoms. The van der Waals surface area contributed by atoms with E-state index in [0.717, 1.165) is 30.1 Å². The van der Waals surface area contributed by atoms with E-state index in [1.54, 1.807) is 12.0 Å². The molecule has 0 aromatic heterocycles. The average Bonchev–Trinajstić information content (AvgIpc) is 2.88. The summed E-state index contributed by atoms with van der Waals surface area (Å²) in [4.78, 5) is 16.7. The highest BCUT2D eigenvalue weighted by Gasteiger charge is 2.26. The van der Waals surface area contributed by atoms with E-state index in [9.17, 15) is 4.79 Å². The van der Waals surface area contributed by atoms with Gasteiger partial charge in [-0.05, 0) is 50.1 Å². The maximum atomic E-state index is 12.6. The van der Waals surface area contributed by atoms with Gasteiger partial charge in [0.1, 0.15) is 11.4 Å². The van der Waals surface area contributed by atoms with Gasteiger partial charge in [0.05, 0.1) is 13.7 Å². The Morgan fingerprint density at radius 1 is 1.03 bits per heavy atom. The molecule has 0 atom stereocenters. The van der Waals surface area contributed by atoms with E-state index in [1.165, 1.54) is 5.56 Å². The number of fused-ring (bicyclic) bond motifs is 1. The van der Waals surface area contributed by atoms with E-state index in [0.29, 0.717) is 13.1 Å². The average molecular weight is 399 g/mol. The van der Waals surface area contributed by atoms with Crippen LogP contribution in [0, 0.1) is 0 Å². The minimum atomic E-state index is -0.497. The summed E-state index contributed by atoms with van der Waals surface area (Å²) in [6.07, 6.45) is -0.263. The Morgan fingerprint density at radius 3 is 2.45 bits per heavy atom. The molecule has 0 fully saturated rings. The van der Waals surface area contributed by atoms with Crippen molar-refractivity contribution in [3.05, 3.63) is 59.7 Å². The molecule has 1 aliphatic heterocycles. The molecule has 1 amide bonds. The highest BCUT2D eigenvalue weighted by atomic mass is 16.6. The second-order valence-electron chi connectivity index (χ2n) is 7.80. The number of benzene rings is 2. The fourth-order valence-corrected chi connectivity index (χ4v) is 3.24. The molecule has 0 aliphatic carbocycles. The molecule has 2 aromatic rings. The monoisotopic (exact) mass is 398 g/mol. The maximum Gasteiger partial charge on any atom is 0.410 e. The zero-order chi connectivity index (χ0) is 21.4. The Morgan fingerprint density at radius 2 is 1.76 bits per heavy atom. The van der Waals surface area contributed by atoms with Crippen LogP contribution in [0.4, 0.5) is 10.5 Å². The molecule has 1 aliphatic rings. The number of hydrogen-bond acceptors (Lipinski definition) is 4. The predicted molar refractivity (Wildman–Crippen MR) is 118 cm³/mol. The number of para-hydroxylation sites is 1. The third-order valence-electron chi connectivity index (χ3n) is 4.49. The normalized spacial score (nSPS) is 13.6. The van der Waals surface area contributed by atoms with Crippen LogP contribution in [0.25, 0.3) is 0 Å². The van der Waals surface area contributed by atoms with E-state index in [1.807, 2.05) is 58.9 Å². The molecule has 0 N–H and O–H groups in total. The Bertz CT molecular complexity index is 799. The molecule has 1 heterocycles. The van der Waals surface area contributed by atoms with Gasteiger partial charge in [0.15, 0.2) is 0 Å². The molecule has 0 saturated heterocycles. The van der Waals surface area contributed by atoms with Gasteiger partial charge in [0, 0.05) is 25.3 Å². The van der Waals surface area contributed by atoms with E-state index in [2.05, 4.69) is 29.2 Å². The number of anilines is 1. The van der Waals surface area contributed by atoms with Crippen molar-refractivity contribution >= 4 is 11.8 Å². The molecule has 0 radical (unpaired) electrons. The first-order valence-electron chi connectivity index (χ1n) is 10.3. The fourth-order valence-electron chi connectivity index (χ4n) is 3.24. The van der Waals surface area contributed by atoms with Crippen LogP contribution in [0.2, 0.25) is 0 Å². The van der Waals surface area contributed by atoms with Crippen LogP contribution in [0.3, 0.4) is 0 Å². The number of methoxy groups -OCH3 is 1. The Kier molecular flexibility index (Phi) is 7.94. The van der Waals surface area contributed by atoms with Gasteiger partial charge in [0.25, 0.3) is 0 Å². The summed E-state index contributed by atoms with van der Waals surface area (Å²) in [7, 11) is 1.68. The van der Waals surface area contributed by atoms with Crippen molar-refractivity contribution in [2.45, 2.75) is 53.3 Å². The van der Waals surface area contributed by atoms with Crippen LogP contribution in [0.15, 0.2) is 48.5 Å². The minimum Gasteiger partial charge on any atom is -0.497 e. The van der Waals surface area contributed by atoms with Gasteiger partial charge >= 0.3 is 6.09 Å². The molecule has 3 rings (SSSR count). The first-order chi connectivity index (χ1) is 13.9. The van der Waals surface area contributed by atoms with Crippen LogP contribution in [-0.4, -0.2) is 36.8 Å². The fraction of sp³-hybridized carbons (Fsp3) is 0.458. The molecule has 0 spiro atoms. The first kappa shape index (κ1) is 22.6. The summed E-state index contributed by atoms with van der Waals surface area (Å²) in [5, 5.41) is 0. The standard InChI is InChI=1S/C22H28N2O3.C2H6/c1-22(2,3)27-21(25)24-13-12-23(20-11-6-5-9-18(20)16-24)15-17-8-7-10-19(14-17)26-4;1-2/h5-11,14H,12-13,15-16H2,1-4H3;1-2H3. The van der Waals surface area contributed by atoms with Gasteiger partial charge in [-0.2, -0.15) is 0 Å². The smallest absolute Gasteiger partial charge is 0.410 e. The molecular weight excluding hydrogens is 364 g/mol. The Hall–Kier alpha value is -2.69. The SMILES string of the molecule is CC.COc1cccc(CN2CCN(C(=O)OC(C)(C)C)Cc3ccccc32)c1. The number of hydrogen-bond donors (Lipinski definition) is 0. The first-order valence-corrected chi connectivity index (χ1v) is 10.3. The van der Waals surface area contributed by atoms with Crippen molar-refractivity contribution in [1.29, 1.82) is 0 Å². The van der Waals surface area contributed by atoms with E-state index >= 15 is 0 Å². The van der Waals surface area contributed by atoms with E-state index < -0.39 is 5.60 Å². The van der Waals surface area contributed by atoms with Crippen molar-refractivity contribution in [3.8, 4) is 5.75 Å². The third-order valence-corrected chi connectivity index (χ3v) is 4.49. The molecule has 0 unspecified atom stereocenters. The van der Waals surface area contributed by atoms with Crippen molar-refractivity contribution in [1.82, 2.24) is 4.90 Å². The molecule has 0 saturated carbocycles. The lowest BCUT2D eigenvalue weighted by atomic mass is 10.1. The van der Waals surface area contributed by atoms with Gasteiger partial charge in [-0.1, -0.05) is 44.2 Å². The zero-order valence-corrected chi connectivity index (χ0v) is 18.6. The second-order valence-corrected chi connectivity index (χ2v) is 7.80. The van der Waals surface area contributed by atoms with Gasteiger partial charge in [-0.3, -0.25) is 0 Å². The minimum absolute atomic E-state index is 0.263. The van der Waals surface area contributed by atoms with Crippen molar-refractivity contribution in [2.75, 3.05) is 25.1 Å². The van der Waals surface area contributed by atoms with E-state index in [-0.39, 0.29) is 6.09 Å². The van der Waals surface area contributed by atoms with Crippen molar-refractivity contribution in [2.24, 2.45) is 0 Å². The zero-order valence-electron chi connectivity index (χ0n) is 18.6. The summed E-state index contributed by atoms with van der Waals surface area (Å²) in [6, 6.07) is 16.4. The van der Waals surface area contributed by atoms with Gasteiger partial charge in [-0.15, -0.1) is 0 Å². The molecule has 0 bridgehead atoms. The van der Waals surface area contributed by atoms with Crippen molar-refractivity contribution < 1.29 is 14.3 Å². The quantitative estimate of drug-likeness (QED) is 0.687. The van der Waals surface area contributed by atoms with Gasteiger partial charge < -0.3 is 19.3 Å². The van der Waals surface area contributed by atoms with Gasteiger partial charge in [-0.25, -0.2) is 4.79 Å². The van der Waals surface area contributed by atoms with E-state index in [4.69, 9.17) is 9.47 Å². The number of rotatable bonds is 3. The topological polar surface area (TPSA) is 42.0 Å². The van der Waals surface area contributed by atoms with Crippen LogP contribution < -0.4 is 9.64 Å². The van der Waals surface area contributed by atoms with Crippen LogP contribution in [0.5, 0.6) is 5.75 Å². The lowest BCUT2D eigenvalue weighted by molar-refractivity contribution is 0.0243. The largest absolute Gasteiger partial charge is 0.497 e. The number of carbonyl (C=O) groups is 1. The predicted octanol–water partition coefficient (Wildman–Crippen LogP) is 5.48. The summed E-state index contributed by atoms with van der Waals surface area (Å²) in [5.41, 5.74) is 2.97. The van der Waals surface area contributed by atoms with Crippen LogP contribution in [0.1, 0.15) is 45.7 Å². The summed E-state index contributed by atoms with van der Waals surface area (Å²) < 4.78 is 10.9. The van der Waals surface area contributed by atoms with Crippen molar-refractivity contribution in [3.63, 3.8) is 0 Å². The lowest BCUT2D eigenvalue weighted by Crippen LogP contribution is -2.39.